The number of Topliss-reactive ketones (excluding diaryl/α,β-unsaturated/α-hetero) is 1. The van der Waals surface area contributed by atoms with Crippen LogP contribution in [0.4, 0.5) is 19.2 Å². The van der Waals surface area contributed by atoms with E-state index < -0.39 is 38.7 Å². The third kappa shape index (κ3) is 4.55. The second kappa shape index (κ2) is 8.71. The number of alkyl halides is 3. The van der Waals surface area contributed by atoms with Crippen molar-refractivity contribution in [1.29, 1.82) is 0 Å². The number of ketones is 1. The molecule has 1 atom stereocenters. The Kier molecular flexibility index (Phi) is 6.21. The van der Waals surface area contributed by atoms with Gasteiger partial charge in [-0.2, -0.15) is 27.3 Å². The van der Waals surface area contributed by atoms with Gasteiger partial charge >= 0.3 is 6.18 Å². The van der Waals surface area contributed by atoms with Gasteiger partial charge in [-0.05, 0) is 50.3 Å². The summed E-state index contributed by atoms with van der Waals surface area (Å²) in [5.41, 5.74) is -0.610. The van der Waals surface area contributed by atoms with Gasteiger partial charge in [0.2, 0.25) is 11.5 Å². The van der Waals surface area contributed by atoms with E-state index >= 15 is 0 Å². The normalized spacial score (nSPS) is 17.6. The Hall–Kier alpha value is -2.89. The summed E-state index contributed by atoms with van der Waals surface area (Å²) in [6.45, 7) is 6.08. The Morgan fingerprint density at radius 2 is 2.03 bits per heavy atom. The van der Waals surface area contributed by atoms with Gasteiger partial charge in [-0.3, -0.25) is 4.79 Å². The number of carbonyl (C=O) groups excluding carboxylic acids is 1. The van der Waals surface area contributed by atoms with Crippen molar-refractivity contribution in [3.63, 3.8) is 0 Å². The van der Waals surface area contributed by atoms with E-state index in [1.807, 2.05) is 6.92 Å². The topological polar surface area (TPSA) is 98.3 Å². The summed E-state index contributed by atoms with van der Waals surface area (Å²) in [7, 11) is -3.69. The average molecular weight is 499 g/mol. The first-order valence-corrected chi connectivity index (χ1v) is 12.5. The molecule has 1 saturated heterocycles. The summed E-state index contributed by atoms with van der Waals surface area (Å²) in [4.78, 5) is 18.1. The molecule has 0 aliphatic carbocycles. The molecule has 0 spiro atoms. The van der Waals surface area contributed by atoms with Crippen LogP contribution >= 0.6 is 0 Å². The van der Waals surface area contributed by atoms with Gasteiger partial charge < -0.3 is 9.32 Å². The number of fused-ring (bicyclic) bond motifs is 1. The third-order valence-corrected chi connectivity index (χ3v) is 7.83. The lowest BCUT2D eigenvalue weighted by atomic mass is 10.0. The number of rotatable bonds is 6. The largest absolute Gasteiger partial charge is 0.437 e. The molecule has 0 radical (unpaired) electrons. The van der Waals surface area contributed by atoms with Crippen molar-refractivity contribution in [3.8, 4) is 0 Å². The van der Waals surface area contributed by atoms with Crippen LogP contribution in [-0.4, -0.2) is 46.7 Å². The van der Waals surface area contributed by atoms with Crippen molar-refractivity contribution in [2.24, 2.45) is 5.92 Å². The summed E-state index contributed by atoms with van der Waals surface area (Å²) in [6.07, 6.45) is -2.11. The molecule has 3 aromatic rings. The molecule has 12 heteroatoms. The van der Waals surface area contributed by atoms with E-state index in [-0.39, 0.29) is 18.4 Å². The van der Waals surface area contributed by atoms with E-state index in [1.54, 1.807) is 4.90 Å². The van der Waals surface area contributed by atoms with Crippen molar-refractivity contribution in [1.82, 2.24) is 14.2 Å². The number of anilines is 1. The summed E-state index contributed by atoms with van der Waals surface area (Å²) < 4.78 is 72.1. The smallest absolute Gasteiger partial charge is 0.420 e. The van der Waals surface area contributed by atoms with Crippen LogP contribution in [0.5, 0.6) is 0 Å². The lowest BCUT2D eigenvalue weighted by Gasteiger charge is -2.29. The highest BCUT2D eigenvalue weighted by Crippen LogP contribution is 2.35. The maximum Gasteiger partial charge on any atom is 0.437 e. The SMILES string of the molecule is CC1CCCN(c2nc(C(F)(F)F)c(C(=O)Cc3ccc4c(cnn4S(=O)(=O)C(C)C)c3)o2)C1. The molecule has 0 N–H and O–H groups in total. The Bertz CT molecular complexity index is 1330. The molecule has 8 nitrogen and oxygen atoms in total. The minimum absolute atomic E-state index is 0.196. The molecule has 1 aliphatic heterocycles. The Morgan fingerprint density at radius 3 is 2.68 bits per heavy atom. The summed E-state index contributed by atoms with van der Waals surface area (Å²) in [5, 5.41) is 3.69. The molecule has 3 heterocycles. The molecule has 34 heavy (non-hydrogen) atoms. The highest BCUT2D eigenvalue weighted by molar-refractivity contribution is 7.90. The lowest BCUT2D eigenvalue weighted by Crippen LogP contribution is -2.34. The summed E-state index contributed by atoms with van der Waals surface area (Å²) in [5.74, 6) is -1.40. The lowest BCUT2D eigenvalue weighted by molar-refractivity contribution is -0.141. The number of aromatic nitrogens is 3. The molecule has 1 aliphatic rings. The highest BCUT2D eigenvalue weighted by atomic mass is 32.2. The molecule has 1 fully saturated rings. The van der Waals surface area contributed by atoms with Crippen LogP contribution in [0.3, 0.4) is 0 Å². The molecule has 1 aromatic carbocycles. The molecule has 2 aromatic heterocycles. The van der Waals surface area contributed by atoms with Crippen LogP contribution in [0, 0.1) is 5.92 Å². The maximum absolute atomic E-state index is 13.6. The average Bonchev–Trinajstić information content (AvgIpc) is 3.38. The van der Waals surface area contributed by atoms with Gasteiger partial charge in [-0.25, -0.2) is 8.42 Å². The van der Waals surface area contributed by atoms with E-state index in [9.17, 15) is 26.4 Å². The second-order valence-corrected chi connectivity index (χ2v) is 11.3. The predicted molar refractivity (Wildman–Crippen MR) is 119 cm³/mol. The van der Waals surface area contributed by atoms with Crippen LogP contribution in [0.1, 0.15) is 55.4 Å². The first-order valence-electron chi connectivity index (χ1n) is 10.9. The van der Waals surface area contributed by atoms with Crippen LogP contribution < -0.4 is 4.90 Å². The van der Waals surface area contributed by atoms with E-state index in [0.29, 0.717) is 29.6 Å². The molecule has 0 amide bonds. The minimum Gasteiger partial charge on any atom is -0.420 e. The standard InChI is InChI=1S/C22H25F3N4O4S/c1-13(2)34(31,32)29-17-7-6-15(9-16(17)11-26-29)10-18(30)19-20(22(23,24)25)27-21(33-19)28-8-4-5-14(3)12-28/h6-7,9,11,13-14H,4-5,8,10,12H2,1-3H3. The van der Waals surface area contributed by atoms with Crippen molar-refractivity contribution in [2.75, 3.05) is 18.0 Å². The zero-order valence-corrected chi connectivity index (χ0v) is 19.8. The number of carbonyl (C=O) groups is 1. The summed E-state index contributed by atoms with van der Waals surface area (Å²) >= 11 is 0. The molecular weight excluding hydrogens is 473 g/mol. The predicted octanol–water partition coefficient (Wildman–Crippen LogP) is 4.29. The summed E-state index contributed by atoms with van der Waals surface area (Å²) in [6, 6.07) is 4.31. The van der Waals surface area contributed by atoms with Crippen molar-refractivity contribution in [2.45, 2.75) is 51.5 Å². The Balaban J connectivity index is 1.63. The minimum atomic E-state index is -4.84. The first kappa shape index (κ1) is 24.2. The van der Waals surface area contributed by atoms with E-state index in [1.165, 1.54) is 38.2 Å². The van der Waals surface area contributed by atoms with Crippen molar-refractivity contribution in [3.05, 3.63) is 41.4 Å². The van der Waals surface area contributed by atoms with Crippen LogP contribution in [0.15, 0.2) is 28.8 Å². The number of halogens is 3. The number of hydrogen-bond donors (Lipinski definition) is 0. The van der Waals surface area contributed by atoms with Crippen LogP contribution in [0.25, 0.3) is 10.9 Å². The number of piperidine rings is 1. The molecule has 1 unspecified atom stereocenters. The number of nitrogens with zero attached hydrogens (tertiary/aromatic N) is 4. The highest BCUT2D eigenvalue weighted by Gasteiger charge is 2.42. The van der Waals surface area contributed by atoms with E-state index in [2.05, 4.69) is 10.1 Å². The maximum atomic E-state index is 13.6. The zero-order chi connectivity index (χ0) is 24.8. The molecule has 0 saturated carbocycles. The molecular formula is C22H25F3N4O4S. The van der Waals surface area contributed by atoms with Gasteiger partial charge in [0.1, 0.15) is 0 Å². The van der Waals surface area contributed by atoms with E-state index in [4.69, 9.17) is 4.42 Å². The van der Waals surface area contributed by atoms with Gasteiger partial charge in [0.15, 0.2) is 5.69 Å². The fraction of sp³-hybridized carbons (Fsp3) is 0.500. The first-order chi connectivity index (χ1) is 15.9. The molecule has 4 rings (SSSR count). The number of benzene rings is 1. The van der Waals surface area contributed by atoms with Gasteiger partial charge in [-0.15, -0.1) is 0 Å². The third-order valence-electron chi connectivity index (χ3n) is 5.87. The fourth-order valence-corrected chi connectivity index (χ4v) is 5.04. The van der Waals surface area contributed by atoms with Crippen molar-refractivity contribution >= 4 is 32.7 Å². The van der Waals surface area contributed by atoms with Gasteiger partial charge in [0.05, 0.1) is 17.0 Å². The monoisotopic (exact) mass is 498 g/mol. The van der Waals surface area contributed by atoms with Crippen LogP contribution in [-0.2, 0) is 22.6 Å². The van der Waals surface area contributed by atoms with Gasteiger partial charge in [-0.1, -0.05) is 13.0 Å². The second-order valence-electron chi connectivity index (χ2n) is 8.94. The number of oxazole rings is 1. The van der Waals surface area contributed by atoms with Gasteiger partial charge in [0.25, 0.3) is 16.0 Å². The quantitative estimate of drug-likeness (QED) is 0.468. The fourth-order valence-electron chi connectivity index (χ4n) is 4.02. The van der Waals surface area contributed by atoms with Gasteiger partial charge in [0, 0.05) is 24.9 Å². The van der Waals surface area contributed by atoms with Crippen molar-refractivity contribution < 1.29 is 30.8 Å². The zero-order valence-electron chi connectivity index (χ0n) is 19.0. The van der Waals surface area contributed by atoms with Crippen LogP contribution in [0.2, 0.25) is 0 Å². The number of hydrogen-bond acceptors (Lipinski definition) is 7. The van der Waals surface area contributed by atoms with E-state index in [0.717, 1.165) is 16.9 Å². The molecule has 184 valence electrons. The Labute approximate surface area is 194 Å². The Morgan fingerprint density at radius 1 is 1.29 bits per heavy atom. The molecule has 0 bridgehead atoms.